The van der Waals surface area contributed by atoms with E-state index in [0.29, 0.717) is 23.3 Å². The molecule has 0 saturated heterocycles. The van der Waals surface area contributed by atoms with E-state index in [1.165, 1.54) is 32.1 Å². The first kappa shape index (κ1) is 15.7. The highest BCUT2D eigenvalue weighted by molar-refractivity contribution is 5.89. The lowest BCUT2D eigenvalue weighted by Crippen LogP contribution is -2.59. The van der Waals surface area contributed by atoms with Crippen molar-refractivity contribution in [3.8, 4) is 0 Å². The van der Waals surface area contributed by atoms with Gasteiger partial charge in [0.05, 0.1) is 6.10 Å². The van der Waals surface area contributed by atoms with Crippen molar-refractivity contribution in [1.82, 2.24) is 5.32 Å². The van der Waals surface area contributed by atoms with Gasteiger partial charge in [0.1, 0.15) is 0 Å². The fourth-order valence-electron chi connectivity index (χ4n) is 7.17. The molecule has 1 aliphatic heterocycles. The number of amides is 1. The summed E-state index contributed by atoms with van der Waals surface area (Å²) in [6.07, 6.45) is 11.1. The summed E-state index contributed by atoms with van der Waals surface area (Å²) >= 11 is 0. The van der Waals surface area contributed by atoms with E-state index >= 15 is 0 Å². The quantitative estimate of drug-likeness (QED) is 0.780. The normalized spacial score (nSPS) is 53.0. The van der Waals surface area contributed by atoms with Gasteiger partial charge in [-0.1, -0.05) is 19.9 Å². The average Bonchev–Trinajstić information content (AvgIpc) is 2.85. The SMILES string of the molecule is CC(O)[C@H]1CC[C@H]2[C@@H]3CCC4NC(=O)C=C[C@]4(C)[C@H]3CC[C@]12C. The third-order valence-electron chi connectivity index (χ3n) is 8.34. The molecule has 0 spiro atoms. The molecule has 4 rings (SSSR count). The third kappa shape index (κ3) is 2.08. The summed E-state index contributed by atoms with van der Waals surface area (Å²) in [4.78, 5) is 11.7. The summed E-state index contributed by atoms with van der Waals surface area (Å²) in [5.74, 6) is 2.76. The predicted octanol–water partition coefficient (Wildman–Crippen LogP) is 3.28. The molecule has 2 N–H and O–H groups in total. The molecule has 4 aliphatic rings. The Morgan fingerprint density at radius 1 is 1.17 bits per heavy atom. The molecular formula is C20H31NO2. The Hall–Kier alpha value is -0.830. The van der Waals surface area contributed by atoms with E-state index in [2.05, 4.69) is 25.2 Å². The van der Waals surface area contributed by atoms with Crippen LogP contribution in [0.5, 0.6) is 0 Å². The number of hydrogen-bond acceptors (Lipinski definition) is 2. The molecule has 8 atom stereocenters. The monoisotopic (exact) mass is 317 g/mol. The molecule has 1 heterocycles. The maximum atomic E-state index is 11.7. The summed E-state index contributed by atoms with van der Waals surface area (Å²) in [5, 5.41) is 13.5. The Morgan fingerprint density at radius 3 is 2.70 bits per heavy atom. The fourth-order valence-corrected chi connectivity index (χ4v) is 7.17. The molecule has 0 radical (unpaired) electrons. The predicted molar refractivity (Wildman–Crippen MR) is 90.6 cm³/mol. The van der Waals surface area contributed by atoms with E-state index in [0.717, 1.165) is 18.3 Å². The molecule has 0 aromatic heterocycles. The van der Waals surface area contributed by atoms with Gasteiger partial charge in [0.25, 0.3) is 0 Å². The van der Waals surface area contributed by atoms with Crippen LogP contribution < -0.4 is 5.32 Å². The molecule has 1 amide bonds. The van der Waals surface area contributed by atoms with Gasteiger partial charge < -0.3 is 10.4 Å². The minimum absolute atomic E-state index is 0.0848. The molecule has 3 fully saturated rings. The lowest BCUT2D eigenvalue weighted by atomic mass is 9.47. The van der Waals surface area contributed by atoms with Gasteiger partial charge in [0.2, 0.25) is 5.91 Å². The first-order valence-electron chi connectivity index (χ1n) is 9.54. The van der Waals surface area contributed by atoms with Gasteiger partial charge >= 0.3 is 0 Å². The van der Waals surface area contributed by atoms with Gasteiger partial charge in [-0.15, -0.1) is 0 Å². The van der Waals surface area contributed by atoms with Crippen LogP contribution in [0.2, 0.25) is 0 Å². The molecule has 2 unspecified atom stereocenters. The van der Waals surface area contributed by atoms with Gasteiger partial charge in [-0.05, 0) is 80.6 Å². The molecule has 0 aromatic rings. The number of aliphatic hydroxyl groups is 1. The van der Waals surface area contributed by atoms with E-state index in [9.17, 15) is 9.90 Å². The van der Waals surface area contributed by atoms with Crippen LogP contribution in [-0.4, -0.2) is 23.2 Å². The number of carbonyl (C=O) groups is 1. The Morgan fingerprint density at radius 2 is 1.96 bits per heavy atom. The Bertz CT molecular complexity index is 542. The number of hydrogen-bond donors (Lipinski definition) is 2. The highest BCUT2D eigenvalue weighted by Crippen LogP contribution is 2.65. The minimum atomic E-state index is -0.178. The minimum Gasteiger partial charge on any atom is -0.393 e. The zero-order chi connectivity index (χ0) is 16.4. The lowest BCUT2D eigenvalue weighted by molar-refractivity contribution is -0.123. The van der Waals surface area contributed by atoms with Gasteiger partial charge in [-0.3, -0.25) is 4.79 Å². The highest BCUT2D eigenvalue weighted by Gasteiger charge is 2.60. The summed E-state index contributed by atoms with van der Waals surface area (Å²) in [6.45, 7) is 6.81. The topological polar surface area (TPSA) is 49.3 Å². The standard InChI is InChI=1S/C20H31NO2/c1-12(22)14-5-6-15-13-4-7-17-20(3,11-9-18(23)21-17)16(13)8-10-19(14,15)2/h9,11-17,22H,4-8,10H2,1-3H3,(H,21,23)/t12?,13-,14+,15-,16-,17?,19+,20+/m0/s1. The molecule has 3 aliphatic carbocycles. The van der Waals surface area contributed by atoms with Crippen molar-refractivity contribution >= 4 is 5.91 Å². The molecular weight excluding hydrogens is 286 g/mol. The molecule has 3 saturated carbocycles. The highest BCUT2D eigenvalue weighted by atomic mass is 16.3. The Balaban J connectivity index is 1.65. The number of rotatable bonds is 1. The largest absolute Gasteiger partial charge is 0.393 e. The van der Waals surface area contributed by atoms with Gasteiger partial charge in [-0.2, -0.15) is 0 Å². The summed E-state index contributed by atoms with van der Waals surface area (Å²) in [7, 11) is 0. The number of aliphatic hydroxyl groups excluding tert-OH is 1. The van der Waals surface area contributed by atoms with Crippen LogP contribution in [0, 0.1) is 34.5 Å². The molecule has 128 valence electrons. The van der Waals surface area contributed by atoms with Gasteiger partial charge in [-0.25, -0.2) is 0 Å². The number of fused-ring (bicyclic) bond motifs is 5. The van der Waals surface area contributed by atoms with E-state index in [-0.39, 0.29) is 17.4 Å². The zero-order valence-corrected chi connectivity index (χ0v) is 14.7. The molecule has 0 aromatic carbocycles. The van der Waals surface area contributed by atoms with Gasteiger partial charge in [0.15, 0.2) is 0 Å². The first-order valence-corrected chi connectivity index (χ1v) is 9.54. The van der Waals surface area contributed by atoms with Crippen molar-refractivity contribution in [3.05, 3.63) is 12.2 Å². The van der Waals surface area contributed by atoms with Crippen molar-refractivity contribution in [2.24, 2.45) is 34.5 Å². The molecule has 23 heavy (non-hydrogen) atoms. The second-order valence-corrected chi connectivity index (χ2v) is 9.18. The number of carbonyl (C=O) groups excluding carboxylic acids is 1. The summed E-state index contributed by atoms with van der Waals surface area (Å²) in [6, 6.07) is 0.319. The Kier molecular flexibility index (Phi) is 3.46. The smallest absolute Gasteiger partial charge is 0.243 e. The maximum Gasteiger partial charge on any atom is 0.243 e. The van der Waals surface area contributed by atoms with Crippen molar-refractivity contribution in [3.63, 3.8) is 0 Å². The van der Waals surface area contributed by atoms with Crippen molar-refractivity contribution in [2.75, 3.05) is 0 Å². The van der Waals surface area contributed by atoms with Crippen LogP contribution in [0.15, 0.2) is 12.2 Å². The number of nitrogens with one attached hydrogen (secondary N) is 1. The van der Waals surface area contributed by atoms with Crippen LogP contribution in [-0.2, 0) is 4.79 Å². The maximum absolute atomic E-state index is 11.7. The van der Waals surface area contributed by atoms with E-state index < -0.39 is 0 Å². The second-order valence-electron chi connectivity index (χ2n) is 9.18. The van der Waals surface area contributed by atoms with E-state index in [4.69, 9.17) is 0 Å². The molecule has 3 nitrogen and oxygen atoms in total. The van der Waals surface area contributed by atoms with E-state index in [1.54, 1.807) is 6.08 Å². The molecule has 3 heteroatoms. The Labute approximate surface area is 139 Å². The summed E-state index contributed by atoms with van der Waals surface area (Å²) < 4.78 is 0. The van der Waals surface area contributed by atoms with Gasteiger partial charge in [0, 0.05) is 11.5 Å². The van der Waals surface area contributed by atoms with Crippen molar-refractivity contribution in [1.29, 1.82) is 0 Å². The van der Waals surface area contributed by atoms with Crippen molar-refractivity contribution < 1.29 is 9.90 Å². The van der Waals surface area contributed by atoms with Crippen molar-refractivity contribution in [2.45, 2.75) is 71.4 Å². The first-order chi connectivity index (χ1) is 10.9. The lowest BCUT2D eigenvalue weighted by Gasteiger charge is -2.59. The fraction of sp³-hybridized carbons (Fsp3) is 0.850. The van der Waals surface area contributed by atoms with Crippen LogP contribution >= 0.6 is 0 Å². The summed E-state index contributed by atoms with van der Waals surface area (Å²) in [5.41, 5.74) is 0.446. The molecule has 0 bridgehead atoms. The zero-order valence-electron chi connectivity index (χ0n) is 14.7. The van der Waals surface area contributed by atoms with E-state index in [1.807, 2.05) is 6.92 Å². The van der Waals surface area contributed by atoms with Crippen LogP contribution in [0.1, 0.15) is 59.3 Å². The van der Waals surface area contributed by atoms with Crippen LogP contribution in [0.4, 0.5) is 0 Å². The average molecular weight is 317 g/mol. The van der Waals surface area contributed by atoms with Crippen LogP contribution in [0.3, 0.4) is 0 Å². The second kappa shape index (κ2) is 5.08. The third-order valence-corrected chi connectivity index (χ3v) is 8.34. The van der Waals surface area contributed by atoms with Crippen LogP contribution in [0.25, 0.3) is 0 Å².